The number of nitrogens with one attached hydrogen (secondary N) is 1. The third kappa shape index (κ3) is 5.09. The van der Waals surface area contributed by atoms with E-state index in [1.54, 1.807) is 0 Å². The highest BCUT2D eigenvalue weighted by molar-refractivity contribution is 7.89. The fourth-order valence-electron chi connectivity index (χ4n) is 4.86. The third-order valence-corrected chi connectivity index (χ3v) is 10.2. The van der Waals surface area contributed by atoms with E-state index >= 15 is 0 Å². The summed E-state index contributed by atoms with van der Waals surface area (Å²) in [6.45, 7) is 2.99. The van der Waals surface area contributed by atoms with E-state index in [9.17, 15) is 16.8 Å². The summed E-state index contributed by atoms with van der Waals surface area (Å²) in [5, 5.41) is 0. The Morgan fingerprint density at radius 1 is 0.812 bits per heavy atom. The lowest BCUT2D eigenvalue weighted by molar-refractivity contribution is 0.310. The monoisotopic (exact) mass is 476 g/mol. The molecule has 1 saturated carbocycles. The van der Waals surface area contributed by atoms with E-state index in [1.807, 2.05) is 30.3 Å². The Morgan fingerprint density at radius 2 is 1.47 bits per heavy atom. The predicted octanol–water partition coefficient (Wildman–Crippen LogP) is 4.11. The zero-order valence-electron chi connectivity index (χ0n) is 18.5. The molecule has 1 aliphatic carbocycles. The zero-order chi connectivity index (χ0) is 22.8. The Hall–Kier alpha value is -1.74. The van der Waals surface area contributed by atoms with Crippen LogP contribution in [0.2, 0.25) is 0 Å². The van der Waals surface area contributed by atoms with Crippen LogP contribution >= 0.6 is 0 Å². The summed E-state index contributed by atoms with van der Waals surface area (Å²) in [5.74, 6) is 0.468. The molecule has 174 valence electrons. The van der Waals surface area contributed by atoms with Crippen LogP contribution in [-0.4, -0.2) is 40.3 Å². The van der Waals surface area contributed by atoms with Crippen molar-refractivity contribution in [2.45, 2.75) is 67.2 Å². The molecule has 1 heterocycles. The van der Waals surface area contributed by atoms with Crippen molar-refractivity contribution in [1.82, 2.24) is 9.03 Å². The molecule has 1 aliphatic heterocycles. The van der Waals surface area contributed by atoms with Crippen LogP contribution in [0.1, 0.15) is 56.9 Å². The molecule has 1 saturated heterocycles. The van der Waals surface area contributed by atoms with Crippen molar-refractivity contribution in [1.29, 1.82) is 0 Å². The van der Waals surface area contributed by atoms with E-state index in [0.717, 1.165) is 44.1 Å². The summed E-state index contributed by atoms with van der Waals surface area (Å²) < 4.78 is 56.5. The number of benzene rings is 2. The molecular weight excluding hydrogens is 444 g/mol. The van der Waals surface area contributed by atoms with Crippen LogP contribution < -0.4 is 4.72 Å². The number of hydrogen-bond donors (Lipinski definition) is 1. The molecule has 0 bridgehead atoms. The lowest BCUT2D eigenvalue weighted by Gasteiger charge is -2.32. The van der Waals surface area contributed by atoms with Crippen molar-refractivity contribution in [2.24, 2.45) is 5.92 Å². The van der Waals surface area contributed by atoms with Crippen LogP contribution in [0.15, 0.2) is 64.4 Å². The van der Waals surface area contributed by atoms with Crippen LogP contribution in [-0.2, 0) is 20.0 Å². The van der Waals surface area contributed by atoms with Crippen molar-refractivity contribution < 1.29 is 16.8 Å². The van der Waals surface area contributed by atoms with Gasteiger partial charge in [0.05, 0.1) is 9.79 Å². The normalized spacial score (nSPS) is 25.5. The van der Waals surface area contributed by atoms with Crippen LogP contribution in [0.25, 0.3) is 0 Å². The first kappa shape index (κ1) is 23.4. The zero-order valence-corrected chi connectivity index (χ0v) is 20.1. The summed E-state index contributed by atoms with van der Waals surface area (Å²) in [7, 11) is -7.37. The first-order valence-corrected chi connectivity index (χ1v) is 14.4. The molecule has 8 heteroatoms. The fourth-order valence-corrected chi connectivity index (χ4v) is 7.76. The average Bonchev–Trinajstić information content (AvgIpc) is 2.81. The van der Waals surface area contributed by atoms with Gasteiger partial charge in [0.1, 0.15) is 0 Å². The largest absolute Gasteiger partial charge is 0.243 e. The second-order valence-electron chi connectivity index (χ2n) is 9.07. The summed E-state index contributed by atoms with van der Waals surface area (Å²) in [5.41, 5.74) is 1.15. The van der Waals surface area contributed by atoms with Crippen LogP contribution in [0.5, 0.6) is 0 Å². The Labute approximate surface area is 192 Å². The van der Waals surface area contributed by atoms with Crippen molar-refractivity contribution in [3.05, 3.63) is 60.2 Å². The van der Waals surface area contributed by atoms with Gasteiger partial charge in [-0.3, -0.25) is 0 Å². The highest BCUT2D eigenvalue weighted by Gasteiger charge is 2.32. The van der Waals surface area contributed by atoms with E-state index in [2.05, 4.69) is 11.6 Å². The summed E-state index contributed by atoms with van der Waals surface area (Å²) in [4.78, 5) is 0.242. The van der Waals surface area contributed by atoms with Crippen molar-refractivity contribution in [3.63, 3.8) is 0 Å². The first-order valence-electron chi connectivity index (χ1n) is 11.4. The maximum atomic E-state index is 13.2. The molecule has 2 aromatic rings. The second kappa shape index (κ2) is 9.63. The smallest absolute Gasteiger partial charge is 0.208 e. The highest BCUT2D eigenvalue weighted by Crippen LogP contribution is 2.31. The quantitative estimate of drug-likeness (QED) is 0.680. The first-order chi connectivity index (χ1) is 15.3. The van der Waals surface area contributed by atoms with E-state index < -0.39 is 20.0 Å². The minimum Gasteiger partial charge on any atom is -0.208 e. The Morgan fingerprint density at radius 3 is 2.16 bits per heavy atom. The minimum absolute atomic E-state index is 0.0690. The fraction of sp³-hybridized carbons (Fsp3) is 0.500. The maximum absolute atomic E-state index is 13.2. The molecule has 0 radical (unpaired) electrons. The number of sulfonamides is 2. The lowest BCUT2D eigenvalue weighted by atomic mass is 9.87. The van der Waals surface area contributed by atoms with Crippen molar-refractivity contribution in [2.75, 3.05) is 13.1 Å². The number of rotatable bonds is 6. The summed E-state index contributed by atoms with van der Waals surface area (Å²) in [6.07, 6.45) is 5.77. The van der Waals surface area contributed by atoms with Gasteiger partial charge in [-0.05, 0) is 67.3 Å². The molecular formula is C24H32N2O4S2. The molecule has 2 fully saturated rings. The topological polar surface area (TPSA) is 83.5 Å². The molecule has 2 aromatic carbocycles. The number of nitrogens with zero attached hydrogens (tertiary/aromatic N) is 1. The summed E-state index contributed by atoms with van der Waals surface area (Å²) in [6, 6.07) is 15.6. The highest BCUT2D eigenvalue weighted by atomic mass is 32.2. The Kier molecular flexibility index (Phi) is 7.05. The van der Waals surface area contributed by atoms with Crippen LogP contribution in [0, 0.1) is 5.92 Å². The molecule has 4 rings (SSSR count). The van der Waals surface area contributed by atoms with E-state index in [1.165, 1.54) is 28.6 Å². The molecule has 3 atom stereocenters. The van der Waals surface area contributed by atoms with Gasteiger partial charge >= 0.3 is 0 Å². The van der Waals surface area contributed by atoms with Crippen LogP contribution in [0.3, 0.4) is 0 Å². The maximum Gasteiger partial charge on any atom is 0.243 e. The van der Waals surface area contributed by atoms with E-state index in [4.69, 9.17) is 0 Å². The van der Waals surface area contributed by atoms with Gasteiger partial charge in [0, 0.05) is 19.1 Å². The molecule has 0 spiro atoms. The molecule has 0 aromatic heterocycles. The van der Waals surface area contributed by atoms with Gasteiger partial charge in [0.2, 0.25) is 20.0 Å². The Balaban J connectivity index is 1.49. The Bertz CT molecular complexity index is 1120. The SMILES string of the molecule is CC1CCCCC1NS(=O)(=O)c1ccc(S(=O)(=O)N2CCCC(c3ccccc3)C2)cc1. The van der Waals surface area contributed by atoms with Gasteiger partial charge in [-0.2, -0.15) is 4.31 Å². The molecule has 32 heavy (non-hydrogen) atoms. The van der Waals surface area contributed by atoms with Gasteiger partial charge in [0.15, 0.2) is 0 Å². The number of piperidine rings is 1. The standard InChI is InChI=1S/C24H32N2O4S2/c1-19-8-5-6-12-24(19)25-31(27,28)22-13-15-23(16-14-22)32(29,30)26-17-7-11-21(18-26)20-9-3-2-4-10-20/h2-4,9-10,13-16,19,21,24-25H,5-8,11-12,17-18H2,1H3. The third-order valence-electron chi connectivity index (χ3n) is 6.84. The van der Waals surface area contributed by atoms with Crippen LogP contribution in [0.4, 0.5) is 0 Å². The molecule has 0 amide bonds. The summed E-state index contributed by atoms with van der Waals surface area (Å²) >= 11 is 0. The van der Waals surface area contributed by atoms with Gasteiger partial charge in [0.25, 0.3) is 0 Å². The van der Waals surface area contributed by atoms with Crippen molar-refractivity contribution in [3.8, 4) is 0 Å². The predicted molar refractivity (Wildman–Crippen MR) is 125 cm³/mol. The number of hydrogen-bond acceptors (Lipinski definition) is 4. The van der Waals surface area contributed by atoms with Gasteiger partial charge in [-0.25, -0.2) is 21.6 Å². The van der Waals surface area contributed by atoms with Gasteiger partial charge < -0.3 is 0 Å². The molecule has 1 N–H and O–H groups in total. The lowest BCUT2D eigenvalue weighted by Crippen LogP contribution is -2.41. The van der Waals surface area contributed by atoms with E-state index in [-0.39, 0.29) is 21.8 Å². The molecule has 6 nitrogen and oxygen atoms in total. The van der Waals surface area contributed by atoms with E-state index in [0.29, 0.717) is 19.0 Å². The van der Waals surface area contributed by atoms with Gasteiger partial charge in [-0.1, -0.05) is 50.1 Å². The average molecular weight is 477 g/mol. The van der Waals surface area contributed by atoms with Crippen molar-refractivity contribution >= 4 is 20.0 Å². The molecule has 2 aliphatic rings. The minimum atomic E-state index is -3.68. The molecule has 3 unspecified atom stereocenters. The second-order valence-corrected chi connectivity index (χ2v) is 12.7. The van der Waals surface area contributed by atoms with Gasteiger partial charge in [-0.15, -0.1) is 0 Å².